The Labute approximate surface area is 122 Å². The van der Waals surface area contributed by atoms with E-state index >= 15 is 0 Å². The van der Waals surface area contributed by atoms with Crippen LogP contribution in [0.5, 0.6) is 0 Å². The second kappa shape index (κ2) is 7.03. The van der Waals surface area contributed by atoms with Crippen molar-refractivity contribution in [1.82, 2.24) is 10.3 Å². The van der Waals surface area contributed by atoms with Gasteiger partial charge >= 0.3 is 0 Å². The average molecular weight is 291 g/mol. The molecule has 1 heterocycles. The highest BCUT2D eigenvalue weighted by molar-refractivity contribution is 6.33. The molecular weight excluding hydrogens is 276 g/mol. The normalized spacial score (nSPS) is 11.9. The second-order valence-electron chi connectivity index (χ2n) is 4.40. The van der Waals surface area contributed by atoms with Crippen LogP contribution in [-0.4, -0.2) is 28.6 Å². The molecule has 1 amide bonds. The monoisotopic (exact) mass is 290 g/mol. The Hall–Kier alpha value is -1.91. The van der Waals surface area contributed by atoms with Gasteiger partial charge in [-0.1, -0.05) is 41.9 Å². The number of hydrogen-bond acceptors (Lipinski definition) is 3. The van der Waals surface area contributed by atoms with Gasteiger partial charge in [0.1, 0.15) is 0 Å². The number of pyridine rings is 1. The molecule has 2 N–H and O–H groups in total. The molecule has 0 spiro atoms. The SMILES string of the molecule is O=C(N[C@@H](CO)Cc1ccccc1)c1ccncc1Cl. The topological polar surface area (TPSA) is 62.2 Å². The quantitative estimate of drug-likeness (QED) is 0.886. The third kappa shape index (κ3) is 3.79. The van der Waals surface area contributed by atoms with E-state index in [9.17, 15) is 9.90 Å². The van der Waals surface area contributed by atoms with Crippen molar-refractivity contribution >= 4 is 17.5 Å². The number of carbonyl (C=O) groups excluding carboxylic acids is 1. The van der Waals surface area contributed by atoms with Crippen LogP contribution >= 0.6 is 11.6 Å². The van der Waals surface area contributed by atoms with Crippen molar-refractivity contribution in [3.63, 3.8) is 0 Å². The van der Waals surface area contributed by atoms with Crippen LogP contribution in [0.15, 0.2) is 48.8 Å². The molecule has 5 heteroatoms. The van der Waals surface area contributed by atoms with Crippen LogP contribution in [0.1, 0.15) is 15.9 Å². The first-order valence-electron chi connectivity index (χ1n) is 6.26. The summed E-state index contributed by atoms with van der Waals surface area (Å²) in [7, 11) is 0. The van der Waals surface area contributed by atoms with E-state index in [1.54, 1.807) is 6.07 Å². The number of nitrogens with one attached hydrogen (secondary N) is 1. The number of amides is 1. The highest BCUT2D eigenvalue weighted by Gasteiger charge is 2.15. The lowest BCUT2D eigenvalue weighted by atomic mass is 10.1. The van der Waals surface area contributed by atoms with Crippen molar-refractivity contribution in [1.29, 1.82) is 0 Å². The minimum absolute atomic E-state index is 0.136. The number of benzene rings is 1. The number of aliphatic hydroxyl groups excluding tert-OH is 1. The summed E-state index contributed by atoms with van der Waals surface area (Å²) in [4.78, 5) is 15.9. The first-order chi connectivity index (χ1) is 9.70. The summed E-state index contributed by atoms with van der Waals surface area (Å²) in [6.07, 6.45) is 3.49. The molecule has 4 nitrogen and oxygen atoms in total. The number of aromatic nitrogens is 1. The van der Waals surface area contributed by atoms with E-state index in [4.69, 9.17) is 11.6 Å². The van der Waals surface area contributed by atoms with Crippen LogP contribution in [0.4, 0.5) is 0 Å². The Morgan fingerprint density at radius 2 is 2.05 bits per heavy atom. The van der Waals surface area contributed by atoms with Crippen molar-refractivity contribution in [2.24, 2.45) is 0 Å². The number of aliphatic hydroxyl groups is 1. The zero-order chi connectivity index (χ0) is 14.4. The molecule has 0 saturated carbocycles. The number of carbonyl (C=O) groups is 1. The number of rotatable bonds is 5. The lowest BCUT2D eigenvalue weighted by Crippen LogP contribution is -2.39. The molecule has 1 aromatic carbocycles. The van der Waals surface area contributed by atoms with Gasteiger partial charge in [-0.05, 0) is 18.1 Å². The zero-order valence-electron chi connectivity index (χ0n) is 10.8. The maximum absolute atomic E-state index is 12.1. The van der Waals surface area contributed by atoms with E-state index in [1.165, 1.54) is 12.4 Å². The van der Waals surface area contributed by atoms with Gasteiger partial charge in [-0.2, -0.15) is 0 Å². The summed E-state index contributed by atoms with van der Waals surface area (Å²) in [6, 6.07) is 10.9. The maximum Gasteiger partial charge on any atom is 0.253 e. The van der Waals surface area contributed by atoms with Gasteiger partial charge < -0.3 is 10.4 Å². The Kier molecular flexibility index (Phi) is 5.09. The fourth-order valence-electron chi connectivity index (χ4n) is 1.88. The summed E-state index contributed by atoms with van der Waals surface area (Å²) >= 11 is 5.92. The van der Waals surface area contributed by atoms with Crippen molar-refractivity contribution in [2.75, 3.05) is 6.61 Å². The number of nitrogens with zero attached hydrogens (tertiary/aromatic N) is 1. The molecule has 104 valence electrons. The van der Waals surface area contributed by atoms with Crippen molar-refractivity contribution < 1.29 is 9.90 Å². The summed E-state index contributed by atoms with van der Waals surface area (Å²) in [5, 5.41) is 12.5. The summed E-state index contributed by atoms with van der Waals surface area (Å²) in [5.74, 6) is -0.313. The van der Waals surface area contributed by atoms with Crippen molar-refractivity contribution in [3.8, 4) is 0 Å². The lowest BCUT2D eigenvalue weighted by molar-refractivity contribution is 0.0916. The molecule has 0 bridgehead atoms. The third-order valence-corrected chi connectivity index (χ3v) is 3.20. The Balaban J connectivity index is 2.03. The van der Waals surface area contributed by atoms with Gasteiger partial charge in [0, 0.05) is 12.4 Å². The van der Waals surface area contributed by atoms with E-state index in [-0.39, 0.29) is 18.6 Å². The minimum Gasteiger partial charge on any atom is -0.394 e. The largest absolute Gasteiger partial charge is 0.394 e. The molecule has 0 aliphatic carbocycles. The molecule has 2 rings (SSSR count). The average Bonchev–Trinajstić information content (AvgIpc) is 2.48. The van der Waals surface area contributed by atoms with Crippen LogP contribution in [0.25, 0.3) is 0 Å². The zero-order valence-corrected chi connectivity index (χ0v) is 11.5. The van der Waals surface area contributed by atoms with Crippen LogP contribution in [0, 0.1) is 0 Å². The highest BCUT2D eigenvalue weighted by atomic mass is 35.5. The number of hydrogen-bond donors (Lipinski definition) is 2. The predicted molar refractivity (Wildman–Crippen MR) is 77.7 cm³/mol. The second-order valence-corrected chi connectivity index (χ2v) is 4.81. The molecule has 0 unspecified atom stereocenters. The molecule has 2 aromatic rings. The maximum atomic E-state index is 12.1. The summed E-state index contributed by atoms with van der Waals surface area (Å²) < 4.78 is 0. The lowest BCUT2D eigenvalue weighted by Gasteiger charge is -2.16. The van der Waals surface area contributed by atoms with E-state index in [0.717, 1.165) is 5.56 Å². The molecule has 0 saturated heterocycles. The molecule has 1 atom stereocenters. The first-order valence-corrected chi connectivity index (χ1v) is 6.63. The van der Waals surface area contributed by atoms with Gasteiger partial charge in [0.15, 0.2) is 0 Å². The van der Waals surface area contributed by atoms with Gasteiger partial charge in [0.05, 0.1) is 23.2 Å². The molecule has 0 radical (unpaired) electrons. The molecule has 0 fully saturated rings. The van der Waals surface area contributed by atoms with Gasteiger partial charge in [-0.15, -0.1) is 0 Å². The molecule has 1 aromatic heterocycles. The standard InChI is InChI=1S/C15H15ClN2O2/c16-14-9-17-7-6-13(14)15(20)18-12(10-19)8-11-4-2-1-3-5-11/h1-7,9,12,19H,8,10H2,(H,18,20)/t12-/m1/s1. The summed E-state index contributed by atoms with van der Waals surface area (Å²) in [5.41, 5.74) is 1.40. The fraction of sp³-hybridized carbons (Fsp3) is 0.200. The van der Waals surface area contributed by atoms with Crippen LogP contribution in [0.2, 0.25) is 5.02 Å². The van der Waals surface area contributed by atoms with Crippen LogP contribution in [-0.2, 0) is 6.42 Å². The minimum atomic E-state index is -0.353. The smallest absolute Gasteiger partial charge is 0.253 e. The van der Waals surface area contributed by atoms with Crippen LogP contribution in [0.3, 0.4) is 0 Å². The molecule has 0 aliphatic rings. The fourth-order valence-corrected chi connectivity index (χ4v) is 2.09. The van der Waals surface area contributed by atoms with Gasteiger partial charge in [-0.25, -0.2) is 0 Å². The van der Waals surface area contributed by atoms with Gasteiger partial charge in [0.2, 0.25) is 0 Å². The van der Waals surface area contributed by atoms with Gasteiger partial charge in [0.25, 0.3) is 5.91 Å². The predicted octanol–water partition coefficient (Wildman–Crippen LogP) is 2.07. The third-order valence-electron chi connectivity index (χ3n) is 2.90. The van der Waals surface area contributed by atoms with Crippen LogP contribution < -0.4 is 5.32 Å². The molecular formula is C15H15ClN2O2. The van der Waals surface area contributed by atoms with Gasteiger partial charge in [-0.3, -0.25) is 9.78 Å². The highest BCUT2D eigenvalue weighted by Crippen LogP contribution is 2.13. The Bertz CT molecular complexity index is 575. The Morgan fingerprint density at radius 1 is 1.30 bits per heavy atom. The van der Waals surface area contributed by atoms with E-state index < -0.39 is 0 Å². The van der Waals surface area contributed by atoms with E-state index in [1.807, 2.05) is 30.3 Å². The number of halogens is 1. The molecule has 20 heavy (non-hydrogen) atoms. The van der Waals surface area contributed by atoms with E-state index in [2.05, 4.69) is 10.3 Å². The summed E-state index contributed by atoms with van der Waals surface area (Å²) in [6.45, 7) is -0.136. The van der Waals surface area contributed by atoms with Crippen molar-refractivity contribution in [3.05, 3.63) is 64.9 Å². The van der Waals surface area contributed by atoms with E-state index in [0.29, 0.717) is 17.0 Å². The first kappa shape index (κ1) is 14.5. The Morgan fingerprint density at radius 3 is 2.70 bits per heavy atom. The van der Waals surface area contributed by atoms with Crippen molar-refractivity contribution in [2.45, 2.75) is 12.5 Å². The molecule has 0 aliphatic heterocycles.